The van der Waals surface area contributed by atoms with Gasteiger partial charge in [-0.1, -0.05) is 6.07 Å². The molecule has 2 fully saturated rings. The summed E-state index contributed by atoms with van der Waals surface area (Å²) in [7, 11) is -0.378. The fourth-order valence-corrected chi connectivity index (χ4v) is 5.10. The van der Waals surface area contributed by atoms with E-state index in [-0.39, 0.29) is 41.4 Å². The number of benzene rings is 1. The van der Waals surface area contributed by atoms with E-state index >= 15 is 0 Å². The Morgan fingerprint density at radius 3 is 2.31 bits per heavy atom. The number of ether oxygens (including phenoxy) is 1. The standard InChI is InChI=1S/C20H29N5O6S/c1-23(2)20(28)24-8-6-15(7-9-24)18(26)21-22-19(27)16-4-3-5-17(14-16)32(29,30)25-10-12-31-13-11-25/h3-5,14-15H,6-13H2,1-2H3,(H,21,26)(H,22,27). The SMILES string of the molecule is CN(C)C(=O)N1CCC(C(=O)NNC(=O)c2cccc(S(=O)(=O)N3CCOCC3)c2)CC1. The van der Waals surface area contributed by atoms with Gasteiger partial charge in [0.25, 0.3) is 5.91 Å². The Labute approximate surface area is 187 Å². The van der Waals surface area contributed by atoms with Crippen LogP contribution in [0.1, 0.15) is 23.2 Å². The van der Waals surface area contributed by atoms with Crippen LogP contribution in [0, 0.1) is 5.92 Å². The zero-order valence-corrected chi connectivity index (χ0v) is 19.1. The Bertz CT molecular complexity index is 953. The number of hydrazine groups is 1. The van der Waals surface area contributed by atoms with Crippen molar-refractivity contribution in [3.63, 3.8) is 0 Å². The van der Waals surface area contributed by atoms with Gasteiger partial charge in [0.15, 0.2) is 0 Å². The van der Waals surface area contributed by atoms with E-state index in [4.69, 9.17) is 4.74 Å². The Morgan fingerprint density at radius 2 is 1.69 bits per heavy atom. The lowest BCUT2D eigenvalue weighted by molar-refractivity contribution is -0.127. The van der Waals surface area contributed by atoms with Crippen LogP contribution in [0.3, 0.4) is 0 Å². The molecule has 11 nitrogen and oxygen atoms in total. The van der Waals surface area contributed by atoms with E-state index in [9.17, 15) is 22.8 Å². The molecule has 2 heterocycles. The van der Waals surface area contributed by atoms with Gasteiger partial charge in [-0.3, -0.25) is 20.4 Å². The predicted molar refractivity (Wildman–Crippen MR) is 115 cm³/mol. The number of likely N-dealkylation sites (tertiary alicyclic amines) is 1. The first-order valence-electron chi connectivity index (χ1n) is 10.4. The van der Waals surface area contributed by atoms with E-state index in [2.05, 4.69) is 10.9 Å². The van der Waals surface area contributed by atoms with Crippen LogP contribution in [-0.2, 0) is 19.6 Å². The number of hydrogen-bond donors (Lipinski definition) is 2. The first-order valence-corrected chi connectivity index (χ1v) is 11.9. The highest BCUT2D eigenvalue weighted by molar-refractivity contribution is 7.89. The normalized spacial score (nSPS) is 18.1. The molecule has 12 heteroatoms. The molecule has 0 unspecified atom stereocenters. The van der Waals surface area contributed by atoms with Gasteiger partial charge in [-0.25, -0.2) is 13.2 Å². The van der Waals surface area contributed by atoms with E-state index in [0.717, 1.165) is 0 Å². The average Bonchev–Trinajstić information content (AvgIpc) is 2.82. The summed E-state index contributed by atoms with van der Waals surface area (Å²) >= 11 is 0. The summed E-state index contributed by atoms with van der Waals surface area (Å²) in [6.45, 7) is 2.10. The minimum absolute atomic E-state index is 0.0105. The second kappa shape index (κ2) is 10.3. The van der Waals surface area contributed by atoms with Crippen LogP contribution in [0.15, 0.2) is 29.2 Å². The van der Waals surface area contributed by atoms with Crippen molar-refractivity contribution in [2.24, 2.45) is 5.92 Å². The van der Waals surface area contributed by atoms with Crippen LogP contribution in [0.2, 0.25) is 0 Å². The summed E-state index contributed by atoms with van der Waals surface area (Å²) in [6.07, 6.45) is 0.989. The van der Waals surface area contributed by atoms with Gasteiger partial charge in [0, 0.05) is 51.8 Å². The van der Waals surface area contributed by atoms with Crippen molar-refractivity contribution in [2.45, 2.75) is 17.7 Å². The lowest BCUT2D eigenvalue weighted by Gasteiger charge is -2.33. The van der Waals surface area contributed by atoms with E-state index in [1.165, 1.54) is 33.5 Å². The third kappa shape index (κ3) is 5.56. The van der Waals surface area contributed by atoms with E-state index in [0.29, 0.717) is 39.1 Å². The number of urea groups is 1. The molecule has 4 amide bonds. The third-order valence-electron chi connectivity index (χ3n) is 5.52. The summed E-state index contributed by atoms with van der Waals surface area (Å²) in [4.78, 5) is 40.1. The number of nitrogens with zero attached hydrogens (tertiary/aromatic N) is 3. The lowest BCUT2D eigenvalue weighted by Crippen LogP contribution is -2.49. The molecule has 0 saturated carbocycles. The number of rotatable bonds is 4. The number of carbonyl (C=O) groups is 3. The highest BCUT2D eigenvalue weighted by Gasteiger charge is 2.29. The molecule has 2 aliphatic rings. The molecule has 32 heavy (non-hydrogen) atoms. The smallest absolute Gasteiger partial charge is 0.319 e. The van der Waals surface area contributed by atoms with Crippen LogP contribution >= 0.6 is 0 Å². The molecule has 0 radical (unpaired) electrons. The maximum atomic E-state index is 12.8. The molecule has 2 aliphatic heterocycles. The highest BCUT2D eigenvalue weighted by atomic mass is 32.2. The number of carbonyl (C=O) groups excluding carboxylic acids is 3. The van der Waals surface area contributed by atoms with Crippen molar-refractivity contribution in [3.05, 3.63) is 29.8 Å². The van der Waals surface area contributed by atoms with E-state index in [1.807, 2.05) is 0 Å². The van der Waals surface area contributed by atoms with Gasteiger partial charge >= 0.3 is 6.03 Å². The molecule has 2 saturated heterocycles. The quantitative estimate of drug-likeness (QED) is 0.594. The summed E-state index contributed by atoms with van der Waals surface area (Å²) in [5.74, 6) is -1.28. The number of piperidine rings is 1. The van der Waals surface area contributed by atoms with E-state index < -0.39 is 15.9 Å². The van der Waals surface area contributed by atoms with Crippen LogP contribution in [-0.4, -0.2) is 93.9 Å². The zero-order valence-electron chi connectivity index (χ0n) is 18.2. The first-order chi connectivity index (χ1) is 15.2. The Kier molecular flexibility index (Phi) is 7.69. The Hall–Kier alpha value is -2.70. The molecule has 0 atom stereocenters. The monoisotopic (exact) mass is 467 g/mol. The zero-order chi connectivity index (χ0) is 23.3. The fraction of sp³-hybridized carbons (Fsp3) is 0.550. The van der Waals surface area contributed by atoms with Gasteiger partial charge in [-0.2, -0.15) is 4.31 Å². The molecular weight excluding hydrogens is 438 g/mol. The topological polar surface area (TPSA) is 128 Å². The van der Waals surface area contributed by atoms with Gasteiger partial charge in [-0.05, 0) is 31.0 Å². The van der Waals surface area contributed by atoms with Crippen LogP contribution in [0.25, 0.3) is 0 Å². The van der Waals surface area contributed by atoms with Crippen molar-refractivity contribution >= 4 is 27.9 Å². The fourth-order valence-electron chi connectivity index (χ4n) is 3.64. The molecule has 2 N–H and O–H groups in total. The van der Waals surface area contributed by atoms with Gasteiger partial charge in [0.05, 0.1) is 18.1 Å². The molecule has 1 aromatic rings. The van der Waals surface area contributed by atoms with Crippen molar-refractivity contribution < 1.29 is 27.5 Å². The number of amides is 4. The van der Waals surface area contributed by atoms with Gasteiger partial charge in [-0.15, -0.1) is 0 Å². The van der Waals surface area contributed by atoms with Gasteiger partial charge < -0.3 is 14.5 Å². The largest absolute Gasteiger partial charge is 0.379 e. The van der Waals surface area contributed by atoms with Crippen LogP contribution in [0.4, 0.5) is 4.79 Å². The molecule has 3 rings (SSSR count). The molecule has 1 aromatic carbocycles. The van der Waals surface area contributed by atoms with Crippen molar-refractivity contribution in [2.75, 3.05) is 53.5 Å². The summed E-state index contributed by atoms with van der Waals surface area (Å²) in [6, 6.07) is 5.59. The Morgan fingerprint density at radius 1 is 1.03 bits per heavy atom. The Balaban J connectivity index is 1.55. The second-order valence-electron chi connectivity index (χ2n) is 7.93. The minimum atomic E-state index is -3.73. The highest BCUT2D eigenvalue weighted by Crippen LogP contribution is 2.19. The maximum Gasteiger partial charge on any atom is 0.319 e. The van der Waals surface area contributed by atoms with E-state index in [1.54, 1.807) is 19.0 Å². The number of hydrogen-bond acceptors (Lipinski definition) is 6. The molecule has 0 spiro atoms. The summed E-state index contributed by atoms with van der Waals surface area (Å²) in [5, 5.41) is 0. The van der Waals surface area contributed by atoms with Gasteiger partial charge in [0.2, 0.25) is 15.9 Å². The minimum Gasteiger partial charge on any atom is -0.379 e. The molecule has 0 aromatic heterocycles. The van der Waals surface area contributed by atoms with Crippen LogP contribution < -0.4 is 10.9 Å². The maximum absolute atomic E-state index is 12.8. The summed E-state index contributed by atoms with van der Waals surface area (Å²) < 4.78 is 32.1. The van der Waals surface area contributed by atoms with Crippen molar-refractivity contribution in [1.29, 1.82) is 0 Å². The molecule has 0 aliphatic carbocycles. The number of sulfonamides is 1. The number of morpholine rings is 1. The second-order valence-corrected chi connectivity index (χ2v) is 9.86. The molecular formula is C20H29N5O6S. The first kappa shape index (κ1) is 24.0. The van der Waals surface area contributed by atoms with Crippen molar-refractivity contribution in [3.8, 4) is 0 Å². The summed E-state index contributed by atoms with van der Waals surface area (Å²) in [5.41, 5.74) is 4.88. The van der Waals surface area contributed by atoms with Crippen molar-refractivity contribution in [1.82, 2.24) is 25.0 Å². The predicted octanol–water partition coefficient (Wildman–Crippen LogP) is -0.138. The molecule has 176 valence electrons. The van der Waals surface area contributed by atoms with Crippen LogP contribution in [0.5, 0.6) is 0 Å². The molecule has 0 bridgehead atoms. The third-order valence-corrected chi connectivity index (χ3v) is 7.42. The average molecular weight is 468 g/mol. The van der Waals surface area contributed by atoms with Gasteiger partial charge in [0.1, 0.15) is 0 Å². The number of nitrogens with one attached hydrogen (secondary N) is 2. The lowest BCUT2D eigenvalue weighted by atomic mass is 9.96.